The van der Waals surface area contributed by atoms with E-state index in [1.54, 1.807) is 13.8 Å². The van der Waals surface area contributed by atoms with E-state index in [2.05, 4.69) is 0 Å². The molecule has 0 aromatic heterocycles. The van der Waals surface area contributed by atoms with E-state index in [4.69, 9.17) is 10.5 Å². The van der Waals surface area contributed by atoms with Crippen molar-refractivity contribution < 1.29 is 20.1 Å². The minimum atomic E-state index is -1.15. The molecule has 1 aliphatic rings. The maximum Gasteiger partial charge on any atom is 0.111 e. The molecule has 5 N–H and O–H groups in total. The van der Waals surface area contributed by atoms with Gasteiger partial charge >= 0.3 is 0 Å². The molecule has 0 aromatic rings. The van der Waals surface area contributed by atoms with Crippen LogP contribution >= 0.6 is 0 Å². The van der Waals surface area contributed by atoms with E-state index < -0.39 is 30.5 Å². The number of rotatable bonds is 2. The molecule has 5 heteroatoms. The molecule has 0 saturated carbocycles. The minimum absolute atomic E-state index is 0.107. The van der Waals surface area contributed by atoms with Crippen LogP contribution in [0.2, 0.25) is 0 Å². The molecule has 1 aliphatic heterocycles. The van der Waals surface area contributed by atoms with Gasteiger partial charge in [-0.05, 0) is 20.3 Å². The number of hydrogen-bond donors (Lipinski definition) is 4. The van der Waals surface area contributed by atoms with Gasteiger partial charge in [0, 0.05) is 6.04 Å². The van der Waals surface area contributed by atoms with Crippen LogP contribution < -0.4 is 5.73 Å². The SMILES string of the molecule is CC(N)C[C@@H]1O[C@@H](C)[C@H](O)[C@@H](O)[C@H]1O. The molecule has 14 heavy (non-hydrogen) atoms. The Bertz CT molecular complexity index is 188. The maximum atomic E-state index is 9.58. The predicted molar refractivity (Wildman–Crippen MR) is 50.6 cm³/mol. The summed E-state index contributed by atoms with van der Waals surface area (Å²) in [5, 5.41) is 28.5. The third-order valence-corrected chi connectivity index (χ3v) is 2.56. The fourth-order valence-corrected chi connectivity index (χ4v) is 1.70. The molecule has 0 amide bonds. The lowest BCUT2D eigenvalue weighted by Gasteiger charge is -2.40. The summed E-state index contributed by atoms with van der Waals surface area (Å²) >= 11 is 0. The topological polar surface area (TPSA) is 95.9 Å². The number of hydrogen-bond acceptors (Lipinski definition) is 5. The van der Waals surface area contributed by atoms with Crippen LogP contribution in [0, 0.1) is 0 Å². The highest BCUT2D eigenvalue weighted by molar-refractivity contribution is 4.91. The van der Waals surface area contributed by atoms with Crippen LogP contribution in [-0.2, 0) is 4.74 Å². The average Bonchev–Trinajstić information content (AvgIpc) is 2.10. The van der Waals surface area contributed by atoms with E-state index >= 15 is 0 Å². The highest BCUT2D eigenvalue weighted by Crippen LogP contribution is 2.23. The largest absolute Gasteiger partial charge is 0.388 e. The van der Waals surface area contributed by atoms with Gasteiger partial charge < -0.3 is 25.8 Å². The van der Waals surface area contributed by atoms with Crippen LogP contribution in [0.25, 0.3) is 0 Å². The number of nitrogens with two attached hydrogens (primary N) is 1. The van der Waals surface area contributed by atoms with Crippen molar-refractivity contribution in [1.82, 2.24) is 0 Å². The Kier molecular flexibility index (Phi) is 3.86. The lowest BCUT2D eigenvalue weighted by molar-refractivity contribution is -0.218. The summed E-state index contributed by atoms with van der Waals surface area (Å²) in [6.07, 6.45) is -3.75. The lowest BCUT2D eigenvalue weighted by atomic mass is 9.92. The maximum absolute atomic E-state index is 9.58. The Hall–Kier alpha value is -0.200. The fourth-order valence-electron chi connectivity index (χ4n) is 1.70. The zero-order chi connectivity index (χ0) is 10.9. The van der Waals surface area contributed by atoms with Gasteiger partial charge in [0.2, 0.25) is 0 Å². The summed E-state index contributed by atoms with van der Waals surface area (Å²) in [4.78, 5) is 0. The van der Waals surface area contributed by atoms with Gasteiger partial charge in [0.25, 0.3) is 0 Å². The van der Waals surface area contributed by atoms with Crippen LogP contribution in [0.15, 0.2) is 0 Å². The molecule has 0 spiro atoms. The Balaban J connectivity index is 2.60. The standard InChI is InChI=1S/C9H19NO4/c1-4(10)3-6-8(12)9(13)7(11)5(2)14-6/h4-9,11-13H,3,10H2,1-2H3/t4?,5-,6-,7-,8-,9+/m0/s1. The highest BCUT2D eigenvalue weighted by Gasteiger charge is 2.41. The van der Waals surface area contributed by atoms with Crippen LogP contribution in [0.1, 0.15) is 20.3 Å². The van der Waals surface area contributed by atoms with Crippen molar-refractivity contribution >= 4 is 0 Å². The van der Waals surface area contributed by atoms with Crippen molar-refractivity contribution in [3.8, 4) is 0 Å². The van der Waals surface area contributed by atoms with E-state index in [1.807, 2.05) is 0 Å². The van der Waals surface area contributed by atoms with E-state index in [0.717, 1.165) is 0 Å². The molecule has 0 radical (unpaired) electrons. The second kappa shape index (κ2) is 4.55. The summed E-state index contributed by atoms with van der Waals surface area (Å²) in [5.41, 5.74) is 5.58. The molecule has 0 bridgehead atoms. The van der Waals surface area contributed by atoms with E-state index in [1.165, 1.54) is 0 Å². The summed E-state index contributed by atoms with van der Waals surface area (Å²) in [5.74, 6) is 0. The molecule has 6 atom stereocenters. The molecule has 0 aromatic carbocycles. The van der Waals surface area contributed by atoms with Crippen molar-refractivity contribution in [3.05, 3.63) is 0 Å². The number of ether oxygens (including phenoxy) is 1. The predicted octanol–water partition coefficient (Wildman–Crippen LogP) is -1.41. The molecule has 1 saturated heterocycles. The Morgan fingerprint density at radius 3 is 2.29 bits per heavy atom. The summed E-state index contributed by atoms with van der Waals surface area (Å²) in [7, 11) is 0. The van der Waals surface area contributed by atoms with Crippen LogP contribution in [-0.4, -0.2) is 51.9 Å². The molecule has 1 heterocycles. The first kappa shape index (κ1) is 11.9. The molecular formula is C9H19NO4. The third kappa shape index (κ3) is 2.43. The van der Waals surface area contributed by atoms with E-state index in [9.17, 15) is 15.3 Å². The van der Waals surface area contributed by atoms with Crippen molar-refractivity contribution in [1.29, 1.82) is 0 Å². The highest BCUT2D eigenvalue weighted by atomic mass is 16.5. The molecule has 1 fully saturated rings. The van der Waals surface area contributed by atoms with Gasteiger partial charge in [0.15, 0.2) is 0 Å². The Morgan fingerprint density at radius 2 is 1.79 bits per heavy atom. The summed E-state index contributed by atoms with van der Waals surface area (Å²) in [6, 6.07) is -0.107. The molecule has 1 unspecified atom stereocenters. The average molecular weight is 205 g/mol. The monoisotopic (exact) mass is 205 g/mol. The van der Waals surface area contributed by atoms with Crippen molar-refractivity contribution in [3.63, 3.8) is 0 Å². The lowest BCUT2D eigenvalue weighted by Crippen LogP contribution is -2.57. The Labute approximate surface area is 83.5 Å². The third-order valence-electron chi connectivity index (χ3n) is 2.56. The molecular weight excluding hydrogens is 186 g/mol. The summed E-state index contributed by atoms with van der Waals surface area (Å²) in [6.45, 7) is 3.46. The van der Waals surface area contributed by atoms with Gasteiger partial charge in [0.05, 0.1) is 12.2 Å². The first-order valence-electron chi connectivity index (χ1n) is 4.88. The zero-order valence-corrected chi connectivity index (χ0v) is 8.50. The van der Waals surface area contributed by atoms with Gasteiger partial charge in [-0.15, -0.1) is 0 Å². The first-order valence-corrected chi connectivity index (χ1v) is 4.88. The molecule has 5 nitrogen and oxygen atoms in total. The van der Waals surface area contributed by atoms with Crippen molar-refractivity contribution in [2.45, 2.75) is 56.8 Å². The first-order chi connectivity index (χ1) is 6.43. The van der Waals surface area contributed by atoms with E-state index in [0.29, 0.717) is 6.42 Å². The second-order valence-electron chi connectivity index (χ2n) is 4.06. The number of aliphatic hydroxyl groups excluding tert-OH is 3. The van der Waals surface area contributed by atoms with Crippen molar-refractivity contribution in [2.75, 3.05) is 0 Å². The van der Waals surface area contributed by atoms with Crippen LogP contribution in [0.3, 0.4) is 0 Å². The minimum Gasteiger partial charge on any atom is -0.388 e. The number of aliphatic hydroxyl groups is 3. The van der Waals surface area contributed by atoms with E-state index in [-0.39, 0.29) is 6.04 Å². The van der Waals surface area contributed by atoms with Crippen LogP contribution in [0.4, 0.5) is 0 Å². The second-order valence-corrected chi connectivity index (χ2v) is 4.06. The molecule has 0 aliphatic carbocycles. The molecule has 84 valence electrons. The van der Waals surface area contributed by atoms with Gasteiger partial charge in [-0.3, -0.25) is 0 Å². The molecule has 1 rings (SSSR count). The van der Waals surface area contributed by atoms with Gasteiger partial charge in [-0.1, -0.05) is 0 Å². The van der Waals surface area contributed by atoms with Gasteiger partial charge in [-0.2, -0.15) is 0 Å². The van der Waals surface area contributed by atoms with Gasteiger partial charge in [0.1, 0.15) is 18.3 Å². The fraction of sp³-hybridized carbons (Fsp3) is 1.00. The van der Waals surface area contributed by atoms with Crippen LogP contribution in [0.5, 0.6) is 0 Å². The normalized spacial score (nSPS) is 46.3. The Morgan fingerprint density at radius 1 is 1.21 bits per heavy atom. The zero-order valence-electron chi connectivity index (χ0n) is 8.50. The van der Waals surface area contributed by atoms with Crippen molar-refractivity contribution in [2.24, 2.45) is 5.73 Å². The quantitative estimate of drug-likeness (QED) is 0.444. The summed E-state index contributed by atoms with van der Waals surface area (Å²) < 4.78 is 5.35. The smallest absolute Gasteiger partial charge is 0.111 e. The van der Waals surface area contributed by atoms with Gasteiger partial charge in [-0.25, -0.2) is 0 Å².